The molecule has 0 radical (unpaired) electrons. The SMILES string of the molecule is NC(=S)N/N=C/c1ccc(N2CCN(C3CCCCC3)CC2)c(Cl)c1. The molecule has 0 unspecified atom stereocenters. The van der Waals surface area contributed by atoms with E-state index in [9.17, 15) is 0 Å². The summed E-state index contributed by atoms with van der Waals surface area (Å²) >= 11 is 11.2. The number of nitrogens with zero attached hydrogens (tertiary/aromatic N) is 3. The lowest BCUT2D eigenvalue weighted by molar-refractivity contribution is 0.148. The summed E-state index contributed by atoms with van der Waals surface area (Å²) in [6.45, 7) is 4.32. The molecule has 0 aromatic heterocycles. The Bertz CT molecular complexity index is 622. The van der Waals surface area contributed by atoms with Crippen LogP contribution in [0.5, 0.6) is 0 Å². The molecule has 0 bridgehead atoms. The predicted octanol–water partition coefficient (Wildman–Crippen LogP) is 2.96. The van der Waals surface area contributed by atoms with Gasteiger partial charge in [-0.3, -0.25) is 10.3 Å². The number of nitrogens with two attached hydrogens (primary N) is 1. The molecule has 1 aliphatic heterocycles. The fourth-order valence-electron chi connectivity index (χ4n) is 3.80. The van der Waals surface area contributed by atoms with Crippen molar-refractivity contribution in [1.82, 2.24) is 10.3 Å². The van der Waals surface area contributed by atoms with E-state index in [0.717, 1.165) is 48.5 Å². The van der Waals surface area contributed by atoms with Crippen LogP contribution >= 0.6 is 23.8 Å². The Kier molecular flexibility index (Phi) is 6.51. The first kappa shape index (κ1) is 18.4. The van der Waals surface area contributed by atoms with Gasteiger partial charge in [0, 0.05) is 32.2 Å². The highest BCUT2D eigenvalue weighted by atomic mass is 35.5. The summed E-state index contributed by atoms with van der Waals surface area (Å²) in [5.41, 5.74) is 9.91. The molecule has 1 saturated carbocycles. The predicted molar refractivity (Wildman–Crippen MR) is 110 cm³/mol. The van der Waals surface area contributed by atoms with Crippen LogP contribution < -0.4 is 16.1 Å². The number of anilines is 1. The maximum absolute atomic E-state index is 6.50. The summed E-state index contributed by atoms with van der Waals surface area (Å²) in [6.07, 6.45) is 8.60. The summed E-state index contributed by atoms with van der Waals surface area (Å²) < 4.78 is 0. The number of halogens is 1. The van der Waals surface area contributed by atoms with Gasteiger partial charge in [0.1, 0.15) is 0 Å². The molecule has 0 spiro atoms. The number of benzene rings is 1. The van der Waals surface area contributed by atoms with E-state index in [1.54, 1.807) is 6.21 Å². The molecule has 2 aliphatic rings. The van der Waals surface area contributed by atoms with Crippen molar-refractivity contribution in [2.24, 2.45) is 10.8 Å². The molecule has 1 saturated heterocycles. The summed E-state index contributed by atoms with van der Waals surface area (Å²) in [6, 6.07) is 6.81. The summed E-state index contributed by atoms with van der Waals surface area (Å²) in [5.74, 6) is 0. The summed E-state index contributed by atoms with van der Waals surface area (Å²) in [7, 11) is 0. The van der Waals surface area contributed by atoms with Gasteiger partial charge in [0.2, 0.25) is 0 Å². The minimum absolute atomic E-state index is 0.148. The molecule has 1 aromatic carbocycles. The zero-order valence-corrected chi connectivity index (χ0v) is 16.0. The normalized spacial score (nSPS) is 20.1. The quantitative estimate of drug-likeness (QED) is 0.478. The third-order valence-electron chi connectivity index (χ3n) is 5.11. The van der Waals surface area contributed by atoms with Crippen LogP contribution in [0.3, 0.4) is 0 Å². The topological polar surface area (TPSA) is 56.9 Å². The smallest absolute Gasteiger partial charge is 0.184 e. The highest BCUT2D eigenvalue weighted by molar-refractivity contribution is 7.80. The third-order valence-corrected chi connectivity index (χ3v) is 5.50. The van der Waals surface area contributed by atoms with Gasteiger partial charge in [0.15, 0.2) is 5.11 Å². The minimum atomic E-state index is 0.148. The van der Waals surface area contributed by atoms with Crippen LogP contribution in [-0.2, 0) is 0 Å². The average Bonchev–Trinajstić information content (AvgIpc) is 2.63. The van der Waals surface area contributed by atoms with E-state index in [1.807, 2.05) is 12.1 Å². The lowest BCUT2D eigenvalue weighted by Crippen LogP contribution is -2.50. The van der Waals surface area contributed by atoms with E-state index < -0.39 is 0 Å². The van der Waals surface area contributed by atoms with Crippen LogP contribution in [0, 0.1) is 0 Å². The Morgan fingerprint density at radius 2 is 1.92 bits per heavy atom. The molecule has 5 nitrogen and oxygen atoms in total. The molecule has 3 N–H and O–H groups in total. The van der Waals surface area contributed by atoms with Crippen LogP contribution in [0.4, 0.5) is 5.69 Å². The second kappa shape index (κ2) is 8.83. The van der Waals surface area contributed by atoms with Gasteiger partial charge >= 0.3 is 0 Å². The lowest BCUT2D eigenvalue weighted by atomic mass is 9.94. The molecular formula is C18H26ClN5S. The maximum atomic E-state index is 6.50. The van der Waals surface area contributed by atoms with E-state index in [-0.39, 0.29) is 5.11 Å². The van der Waals surface area contributed by atoms with Crippen molar-refractivity contribution in [1.29, 1.82) is 0 Å². The first-order valence-corrected chi connectivity index (χ1v) is 9.79. The monoisotopic (exact) mass is 379 g/mol. The molecule has 7 heteroatoms. The van der Waals surface area contributed by atoms with Gasteiger partial charge < -0.3 is 10.6 Å². The fourth-order valence-corrected chi connectivity index (χ4v) is 4.17. The Hall–Kier alpha value is -1.37. The number of thiocarbonyl (C=S) groups is 1. The Morgan fingerprint density at radius 3 is 2.56 bits per heavy atom. The Labute approximate surface area is 160 Å². The van der Waals surface area contributed by atoms with Crippen molar-refractivity contribution in [2.45, 2.75) is 38.1 Å². The van der Waals surface area contributed by atoms with E-state index >= 15 is 0 Å². The highest BCUT2D eigenvalue weighted by Crippen LogP contribution is 2.29. The van der Waals surface area contributed by atoms with Gasteiger partial charge in [-0.2, -0.15) is 5.10 Å². The van der Waals surface area contributed by atoms with Crippen LogP contribution in [0.25, 0.3) is 0 Å². The molecule has 0 amide bonds. The lowest BCUT2D eigenvalue weighted by Gasteiger charge is -2.41. The highest BCUT2D eigenvalue weighted by Gasteiger charge is 2.25. The molecular weight excluding hydrogens is 354 g/mol. The number of nitrogens with one attached hydrogen (secondary N) is 1. The molecule has 0 atom stereocenters. The maximum Gasteiger partial charge on any atom is 0.184 e. The zero-order valence-electron chi connectivity index (χ0n) is 14.5. The zero-order chi connectivity index (χ0) is 17.6. The first-order chi connectivity index (χ1) is 12.1. The fraction of sp³-hybridized carbons (Fsp3) is 0.556. The standard InChI is InChI=1S/C18H26ClN5S/c19-16-12-14(13-21-22-18(20)25)6-7-17(16)24-10-8-23(9-11-24)15-4-2-1-3-5-15/h6-7,12-13,15H,1-5,8-11H2,(H3,20,22,25)/b21-13+. The van der Waals surface area contributed by atoms with Crippen LogP contribution in [0.1, 0.15) is 37.7 Å². The average molecular weight is 380 g/mol. The number of piperazine rings is 1. The number of rotatable bonds is 4. The van der Waals surface area contributed by atoms with Crippen molar-refractivity contribution >= 4 is 40.8 Å². The van der Waals surface area contributed by atoms with Crippen LogP contribution in [0.15, 0.2) is 23.3 Å². The van der Waals surface area contributed by atoms with Crippen LogP contribution in [0.2, 0.25) is 5.02 Å². The van der Waals surface area contributed by atoms with Crippen molar-refractivity contribution in [3.63, 3.8) is 0 Å². The minimum Gasteiger partial charge on any atom is -0.375 e. The van der Waals surface area contributed by atoms with E-state index in [2.05, 4.69) is 26.4 Å². The van der Waals surface area contributed by atoms with Gasteiger partial charge in [-0.15, -0.1) is 0 Å². The molecule has 3 rings (SSSR count). The molecule has 136 valence electrons. The molecule has 1 heterocycles. The third kappa shape index (κ3) is 5.06. The summed E-state index contributed by atoms with van der Waals surface area (Å²) in [5, 5.41) is 4.87. The molecule has 1 aromatic rings. The number of hydrazone groups is 1. The van der Waals surface area contributed by atoms with Crippen molar-refractivity contribution in [2.75, 3.05) is 31.1 Å². The second-order valence-electron chi connectivity index (χ2n) is 6.76. The van der Waals surface area contributed by atoms with Crippen molar-refractivity contribution in [3.8, 4) is 0 Å². The number of hydrogen-bond acceptors (Lipinski definition) is 4. The Balaban J connectivity index is 1.57. The number of hydrogen-bond donors (Lipinski definition) is 2. The van der Waals surface area contributed by atoms with Gasteiger partial charge in [-0.1, -0.05) is 36.9 Å². The van der Waals surface area contributed by atoms with E-state index in [1.165, 1.54) is 32.1 Å². The first-order valence-electron chi connectivity index (χ1n) is 9.00. The van der Waals surface area contributed by atoms with Crippen molar-refractivity contribution < 1.29 is 0 Å². The van der Waals surface area contributed by atoms with E-state index in [0.29, 0.717) is 0 Å². The molecule has 25 heavy (non-hydrogen) atoms. The van der Waals surface area contributed by atoms with Gasteiger partial charge in [0.05, 0.1) is 16.9 Å². The van der Waals surface area contributed by atoms with Gasteiger partial charge in [-0.05, 0) is 42.8 Å². The van der Waals surface area contributed by atoms with Crippen molar-refractivity contribution in [3.05, 3.63) is 28.8 Å². The molecule has 2 fully saturated rings. The largest absolute Gasteiger partial charge is 0.375 e. The Morgan fingerprint density at radius 1 is 1.20 bits per heavy atom. The van der Waals surface area contributed by atoms with Crippen LogP contribution in [-0.4, -0.2) is 48.4 Å². The second-order valence-corrected chi connectivity index (χ2v) is 7.61. The van der Waals surface area contributed by atoms with E-state index in [4.69, 9.17) is 29.6 Å². The van der Waals surface area contributed by atoms with Gasteiger partial charge in [-0.25, -0.2) is 0 Å². The molecule has 1 aliphatic carbocycles. The summed E-state index contributed by atoms with van der Waals surface area (Å²) in [4.78, 5) is 5.06. The van der Waals surface area contributed by atoms with Gasteiger partial charge in [0.25, 0.3) is 0 Å².